The Morgan fingerprint density at radius 3 is 1.65 bits per heavy atom. The van der Waals surface area contributed by atoms with E-state index in [-0.39, 0.29) is 43.5 Å². The van der Waals surface area contributed by atoms with Crippen LogP contribution in [0.5, 0.6) is 5.75 Å². The normalized spacial score (nSPS) is 13.0. The molecule has 0 saturated heterocycles. The number of benzene rings is 6. The van der Waals surface area contributed by atoms with E-state index in [1.54, 1.807) is 14.2 Å². The largest absolute Gasteiger partial charge is 0.494 e. The molecule has 2 aliphatic rings. The fraction of sp³-hybridized carbons (Fsp3) is 0.377. The zero-order valence-electron chi connectivity index (χ0n) is 42.0. The summed E-state index contributed by atoms with van der Waals surface area (Å²) in [7, 11) is 3.41. The lowest BCUT2D eigenvalue weighted by Crippen LogP contribution is -2.30. The van der Waals surface area contributed by atoms with E-state index in [4.69, 9.17) is 33.2 Å². The van der Waals surface area contributed by atoms with Gasteiger partial charge in [0.1, 0.15) is 12.4 Å². The number of hydrogen-bond acceptors (Lipinski definition) is 9. The molecule has 0 radical (unpaired) electrons. The fourth-order valence-corrected chi connectivity index (χ4v) is 10.2. The van der Waals surface area contributed by atoms with Gasteiger partial charge in [-0.05, 0) is 130 Å². The van der Waals surface area contributed by atoms with Crippen molar-refractivity contribution in [3.8, 4) is 50.3 Å². The third-order valence-electron chi connectivity index (χ3n) is 13.8. The van der Waals surface area contributed by atoms with Gasteiger partial charge in [-0.2, -0.15) is 0 Å². The van der Waals surface area contributed by atoms with Gasteiger partial charge in [-0.25, -0.2) is 4.79 Å². The van der Waals surface area contributed by atoms with Crippen LogP contribution in [-0.2, 0) is 38.6 Å². The molecule has 2 amide bonds. The SMILES string of the molecule is COCCOCCCC1(CCCOCCOC)c2cc(-c3ccccc3)ccc2-c2ccc(-c3ccc(OCCCCNC(=O)CCOCCNC(=O)OCC4c5ccccc5-c5ccccc54)cc3)cc21. The third-order valence-corrected chi connectivity index (χ3v) is 13.8. The van der Waals surface area contributed by atoms with Gasteiger partial charge in [0.05, 0.1) is 46.2 Å². The molecule has 0 unspecified atom stereocenters. The van der Waals surface area contributed by atoms with Gasteiger partial charge < -0.3 is 43.8 Å². The van der Waals surface area contributed by atoms with E-state index in [0.29, 0.717) is 59.3 Å². The summed E-state index contributed by atoms with van der Waals surface area (Å²) in [6.07, 6.45) is 5.06. The zero-order valence-corrected chi connectivity index (χ0v) is 42.0. The van der Waals surface area contributed by atoms with Crippen LogP contribution < -0.4 is 15.4 Å². The molecule has 11 nitrogen and oxygen atoms in total. The summed E-state index contributed by atoms with van der Waals surface area (Å²) in [6, 6.07) is 49.5. The number of carbonyl (C=O) groups is 2. The van der Waals surface area contributed by atoms with Gasteiger partial charge >= 0.3 is 6.09 Å². The minimum Gasteiger partial charge on any atom is -0.494 e. The molecule has 8 rings (SSSR count). The lowest BCUT2D eigenvalue weighted by Gasteiger charge is -2.33. The second-order valence-corrected chi connectivity index (χ2v) is 18.4. The lowest BCUT2D eigenvalue weighted by atomic mass is 9.70. The first-order chi connectivity index (χ1) is 35.5. The molecule has 0 bridgehead atoms. The molecule has 378 valence electrons. The Kier molecular flexibility index (Phi) is 19.4. The Morgan fingerprint density at radius 2 is 1.04 bits per heavy atom. The Labute approximate surface area is 425 Å². The first-order valence-corrected chi connectivity index (χ1v) is 25.6. The summed E-state index contributed by atoms with van der Waals surface area (Å²) in [4.78, 5) is 24.9. The second-order valence-electron chi connectivity index (χ2n) is 18.4. The number of hydrogen-bond donors (Lipinski definition) is 2. The Hall–Kier alpha value is -6.34. The van der Waals surface area contributed by atoms with Crippen molar-refractivity contribution >= 4 is 12.0 Å². The van der Waals surface area contributed by atoms with Crippen LogP contribution in [0.25, 0.3) is 44.5 Å². The topological polar surface area (TPSA) is 123 Å². The number of carbonyl (C=O) groups excluding carboxylic acids is 2. The van der Waals surface area contributed by atoms with E-state index in [1.165, 1.54) is 61.2 Å². The summed E-state index contributed by atoms with van der Waals surface area (Å²) >= 11 is 0. The Bertz CT molecular complexity index is 2590. The summed E-state index contributed by atoms with van der Waals surface area (Å²) < 4.78 is 39.9. The first kappa shape index (κ1) is 52.0. The summed E-state index contributed by atoms with van der Waals surface area (Å²) in [5, 5.41) is 5.72. The molecule has 2 N–H and O–H groups in total. The Balaban J connectivity index is 0.779. The van der Waals surface area contributed by atoms with Gasteiger partial charge in [0.25, 0.3) is 0 Å². The number of rotatable bonds is 30. The molecule has 0 heterocycles. The van der Waals surface area contributed by atoms with E-state index in [1.807, 2.05) is 36.4 Å². The minimum atomic E-state index is -0.485. The maximum absolute atomic E-state index is 12.5. The van der Waals surface area contributed by atoms with Crippen molar-refractivity contribution in [1.82, 2.24) is 10.6 Å². The van der Waals surface area contributed by atoms with Crippen LogP contribution in [0.15, 0.2) is 140 Å². The number of ether oxygens (including phenoxy) is 7. The van der Waals surface area contributed by atoms with Gasteiger partial charge in [-0.1, -0.05) is 115 Å². The lowest BCUT2D eigenvalue weighted by molar-refractivity contribution is -0.122. The van der Waals surface area contributed by atoms with E-state index in [0.717, 1.165) is 49.8 Å². The average molecular weight is 975 g/mol. The van der Waals surface area contributed by atoms with Crippen LogP contribution in [0, 0.1) is 0 Å². The van der Waals surface area contributed by atoms with Crippen LogP contribution >= 0.6 is 0 Å². The van der Waals surface area contributed by atoms with Crippen LogP contribution in [-0.4, -0.2) is 105 Å². The standard InChI is InChI=1S/C61H70N2O9/c1-66-38-40-68-33-12-29-61(30-13-34-69-41-39-67-2)57-42-47(45-14-4-3-5-15-45)22-26-54(57)55-27-23-48(43-58(55)61)46-20-24-49(25-21-46)71-35-11-10-31-62-59(64)28-36-70-37-32-63-60(65)72-44-56-52-18-8-6-16-50(52)51-17-7-9-19-53(51)56/h3-9,14-27,42-43,56H,10-13,28-41,44H2,1-2H3,(H,62,64)(H,63,65). The molecular weight excluding hydrogens is 905 g/mol. The van der Waals surface area contributed by atoms with E-state index in [2.05, 4.69) is 114 Å². The van der Waals surface area contributed by atoms with E-state index < -0.39 is 6.09 Å². The van der Waals surface area contributed by atoms with Crippen molar-refractivity contribution < 1.29 is 42.7 Å². The van der Waals surface area contributed by atoms with E-state index in [9.17, 15) is 9.59 Å². The molecule has 0 saturated carbocycles. The molecule has 0 fully saturated rings. The van der Waals surface area contributed by atoms with Gasteiger partial charge in [-0.3, -0.25) is 4.79 Å². The summed E-state index contributed by atoms with van der Waals surface area (Å²) in [6.45, 7) is 5.87. The molecule has 6 aromatic rings. The van der Waals surface area contributed by atoms with Crippen LogP contribution in [0.4, 0.5) is 4.79 Å². The quantitative estimate of drug-likeness (QED) is 0.0425. The van der Waals surface area contributed by atoms with Gasteiger partial charge in [-0.15, -0.1) is 0 Å². The van der Waals surface area contributed by atoms with Crippen LogP contribution in [0.2, 0.25) is 0 Å². The highest BCUT2D eigenvalue weighted by molar-refractivity contribution is 5.86. The smallest absolute Gasteiger partial charge is 0.407 e. The third kappa shape index (κ3) is 13.4. The number of nitrogens with one attached hydrogen (secondary N) is 2. The van der Waals surface area contributed by atoms with Gasteiger partial charge in [0, 0.05) is 58.3 Å². The van der Waals surface area contributed by atoms with Crippen molar-refractivity contribution in [2.24, 2.45) is 0 Å². The molecule has 0 aliphatic heterocycles. The zero-order chi connectivity index (χ0) is 49.8. The van der Waals surface area contributed by atoms with E-state index >= 15 is 0 Å². The molecule has 6 aromatic carbocycles. The van der Waals surface area contributed by atoms with Gasteiger partial charge in [0.2, 0.25) is 5.91 Å². The molecule has 0 aromatic heterocycles. The number of alkyl carbamates (subject to hydrolysis) is 1. The number of amides is 2. The predicted molar refractivity (Wildman–Crippen MR) is 284 cm³/mol. The van der Waals surface area contributed by atoms with Crippen molar-refractivity contribution in [3.63, 3.8) is 0 Å². The average Bonchev–Trinajstić information content (AvgIpc) is 3.88. The van der Waals surface area contributed by atoms with Crippen molar-refractivity contribution in [1.29, 1.82) is 0 Å². The maximum Gasteiger partial charge on any atom is 0.407 e. The second kappa shape index (κ2) is 26.9. The number of methoxy groups -OCH3 is 2. The maximum atomic E-state index is 12.5. The molecular formula is C61H70N2O9. The fourth-order valence-electron chi connectivity index (χ4n) is 10.2. The first-order valence-electron chi connectivity index (χ1n) is 25.6. The molecule has 2 aliphatic carbocycles. The molecule has 0 spiro atoms. The van der Waals surface area contributed by atoms with Crippen molar-refractivity contribution in [2.75, 3.05) is 93.4 Å². The predicted octanol–water partition coefficient (Wildman–Crippen LogP) is 11.4. The molecule has 11 heteroatoms. The van der Waals surface area contributed by atoms with Crippen LogP contribution in [0.1, 0.15) is 73.1 Å². The monoisotopic (exact) mass is 975 g/mol. The van der Waals surface area contributed by atoms with Gasteiger partial charge in [0.15, 0.2) is 0 Å². The number of fused-ring (bicyclic) bond motifs is 6. The summed E-state index contributed by atoms with van der Waals surface area (Å²) in [5.41, 5.74) is 14.5. The highest BCUT2D eigenvalue weighted by atomic mass is 16.6. The summed E-state index contributed by atoms with van der Waals surface area (Å²) in [5.74, 6) is 0.748. The molecule has 0 atom stereocenters. The Morgan fingerprint density at radius 1 is 0.486 bits per heavy atom. The van der Waals surface area contributed by atoms with Crippen LogP contribution in [0.3, 0.4) is 0 Å². The number of unbranched alkanes of at least 4 members (excludes halogenated alkanes) is 1. The van der Waals surface area contributed by atoms with Crippen molar-refractivity contribution in [3.05, 3.63) is 162 Å². The minimum absolute atomic E-state index is 0.00646. The molecule has 72 heavy (non-hydrogen) atoms. The highest BCUT2D eigenvalue weighted by Gasteiger charge is 2.43. The van der Waals surface area contributed by atoms with Crippen molar-refractivity contribution in [2.45, 2.75) is 56.3 Å². The highest BCUT2D eigenvalue weighted by Crippen LogP contribution is 2.55.